The van der Waals surface area contributed by atoms with Crippen LogP contribution in [0.4, 0.5) is 34.1 Å². The topological polar surface area (TPSA) is 19.6 Å². The highest BCUT2D eigenvalue weighted by Gasteiger charge is 2.21. The molecule has 0 fully saturated rings. The lowest BCUT2D eigenvalue weighted by Gasteiger charge is -2.29. The van der Waals surface area contributed by atoms with Gasteiger partial charge >= 0.3 is 0 Å². The highest BCUT2D eigenvalue weighted by Crippen LogP contribution is 2.43. The SMILES string of the molecule is ICCc1cc(N(c2ccccc2)c2ccccc2)cc(N(c2ccccc2)c2coc3ccccc23)c1. The van der Waals surface area contributed by atoms with Gasteiger partial charge in [-0.2, -0.15) is 0 Å². The summed E-state index contributed by atoms with van der Waals surface area (Å²) in [5.41, 5.74) is 8.73. The number of hydrogen-bond acceptors (Lipinski definition) is 3. The summed E-state index contributed by atoms with van der Waals surface area (Å²) in [5.74, 6) is 0. The molecule has 186 valence electrons. The van der Waals surface area contributed by atoms with Gasteiger partial charge in [0.15, 0.2) is 0 Å². The van der Waals surface area contributed by atoms with Crippen LogP contribution >= 0.6 is 22.6 Å². The second kappa shape index (κ2) is 11.2. The van der Waals surface area contributed by atoms with E-state index in [2.05, 4.69) is 154 Å². The van der Waals surface area contributed by atoms with E-state index in [1.165, 1.54) is 5.56 Å². The van der Waals surface area contributed by atoms with Crippen LogP contribution in [0.3, 0.4) is 0 Å². The van der Waals surface area contributed by atoms with E-state index in [0.29, 0.717) is 0 Å². The zero-order valence-electron chi connectivity index (χ0n) is 20.9. The van der Waals surface area contributed by atoms with Crippen LogP contribution in [-0.2, 0) is 6.42 Å². The molecule has 38 heavy (non-hydrogen) atoms. The van der Waals surface area contributed by atoms with Gasteiger partial charge in [0.2, 0.25) is 0 Å². The van der Waals surface area contributed by atoms with Gasteiger partial charge in [-0.1, -0.05) is 89.3 Å². The van der Waals surface area contributed by atoms with Crippen molar-refractivity contribution in [3.63, 3.8) is 0 Å². The molecule has 6 aromatic rings. The first kappa shape index (κ1) is 24.3. The summed E-state index contributed by atoms with van der Waals surface area (Å²) in [6, 6.07) is 46.8. The van der Waals surface area contributed by atoms with Crippen molar-refractivity contribution < 1.29 is 4.42 Å². The minimum absolute atomic E-state index is 0.877. The van der Waals surface area contributed by atoms with Crippen molar-refractivity contribution in [3.8, 4) is 0 Å². The molecule has 0 saturated carbocycles. The second-order valence-electron chi connectivity index (χ2n) is 9.09. The third-order valence-corrected chi connectivity index (χ3v) is 7.15. The predicted molar refractivity (Wildman–Crippen MR) is 168 cm³/mol. The van der Waals surface area contributed by atoms with Crippen LogP contribution in [0.5, 0.6) is 0 Å². The molecule has 0 spiro atoms. The highest BCUT2D eigenvalue weighted by atomic mass is 127. The van der Waals surface area contributed by atoms with Gasteiger partial charge in [-0.25, -0.2) is 0 Å². The minimum atomic E-state index is 0.877. The van der Waals surface area contributed by atoms with Crippen molar-refractivity contribution in [2.45, 2.75) is 6.42 Å². The number of aryl methyl sites for hydroxylation is 1. The summed E-state index contributed by atoms with van der Waals surface area (Å²) in [5, 5.41) is 1.08. The fourth-order valence-corrected chi connectivity index (χ4v) is 5.53. The standard InChI is InChI=1S/C34H27IN2O/c35-21-20-26-22-30(36(27-12-4-1-5-13-27)28-14-6-2-7-15-28)24-31(23-26)37(29-16-8-3-9-17-29)33-25-38-34-19-11-10-18-32(33)34/h1-19,22-25H,20-21H2. The van der Waals surface area contributed by atoms with Gasteiger partial charge in [0.05, 0.1) is 5.69 Å². The summed E-state index contributed by atoms with van der Waals surface area (Å²) in [6.07, 6.45) is 2.85. The smallest absolute Gasteiger partial charge is 0.136 e. The van der Waals surface area contributed by atoms with Gasteiger partial charge in [-0.15, -0.1) is 0 Å². The lowest BCUT2D eigenvalue weighted by molar-refractivity contribution is 0.616. The maximum absolute atomic E-state index is 6.01. The fraction of sp³-hybridized carbons (Fsp3) is 0.0588. The lowest BCUT2D eigenvalue weighted by Crippen LogP contribution is -2.14. The Balaban J connectivity index is 1.59. The first-order valence-corrected chi connectivity index (χ1v) is 14.3. The quantitative estimate of drug-likeness (QED) is 0.127. The maximum atomic E-state index is 6.01. The monoisotopic (exact) mass is 606 g/mol. The van der Waals surface area contributed by atoms with Crippen molar-refractivity contribution >= 4 is 67.7 Å². The molecule has 0 aliphatic carbocycles. The number of fused-ring (bicyclic) bond motifs is 1. The van der Waals surface area contributed by atoms with E-state index in [9.17, 15) is 0 Å². The number of halogens is 1. The third kappa shape index (κ3) is 4.92. The van der Waals surface area contributed by atoms with Crippen molar-refractivity contribution in [1.82, 2.24) is 0 Å². The molecule has 1 heterocycles. The molecule has 6 rings (SSSR count). The molecule has 0 amide bonds. The number of rotatable bonds is 8. The Labute approximate surface area is 237 Å². The van der Waals surface area contributed by atoms with Crippen LogP contribution in [0.1, 0.15) is 5.56 Å². The van der Waals surface area contributed by atoms with Gasteiger partial charge in [-0.3, -0.25) is 0 Å². The Morgan fingerprint density at radius 3 is 1.61 bits per heavy atom. The number of furan rings is 1. The van der Waals surface area contributed by atoms with E-state index in [0.717, 1.165) is 55.9 Å². The number of anilines is 6. The summed E-state index contributed by atoms with van der Waals surface area (Å²) in [7, 11) is 0. The molecule has 3 nitrogen and oxygen atoms in total. The number of para-hydroxylation sites is 4. The Morgan fingerprint density at radius 2 is 1.03 bits per heavy atom. The summed E-state index contributed by atoms with van der Waals surface area (Å²) < 4.78 is 7.05. The largest absolute Gasteiger partial charge is 0.462 e. The van der Waals surface area contributed by atoms with Crippen LogP contribution < -0.4 is 9.80 Å². The Morgan fingerprint density at radius 1 is 0.526 bits per heavy atom. The molecule has 0 unspecified atom stereocenters. The van der Waals surface area contributed by atoms with Crippen LogP contribution in [-0.4, -0.2) is 4.43 Å². The number of hydrogen-bond donors (Lipinski definition) is 0. The van der Waals surface area contributed by atoms with E-state index < -0.39 is 0 Å². The highest BCUT2D eigenvalue weighted by molar-refractivity contribution is 14.1. The van der Waals surface area contributed by atoms with Crippen molar-refractivity contribution in [2.24, 2.45) is 0 Å². The first-order valence-electron chi connectivity index (χ1n) is 12.7. The van der Waals surface area contributed by atoms with Gasteiger partial charge in [0.25, 0.3) is 0 Å². The zero-order chi connectivity index (χ0) is 25.7. The Bertz CT molecular complexity index is 1590. The van der Waals surface area contributed by atoms with Crippen LogP contribution in [0.2, 0.25) is 0 Å². The molecule has 0 saturated heterocycles. The van der Waals surface area contributed by atoms with Crippen molar-refractivity contribution in [2.75, 3.05) is 14.2 Å². The second-order valence-corrected chi connectivity index (χ2v) is 10.2. The van der Waals surface area contributed by atoms with Gasteiger partial charge in [-0.05, 0) is 78.7 Å². The normalized spacial score (nSPS) is 11.0. The molecule has 1 aromatic heterocycles. The predicted octanol–water partition coefficient (Wildman–Crippen LogP) is 10.3. The zero-order valence-corrected chi connectivity index (χ0v) is 23.0. The third-order valence-electron chi connectivity index (χ3n) is 6.61. The molecule has 0 atom stereocenters. The molecule has 0 N–H and O–H groups in total. The van der Waals surface area contributed by atoms with Gasteiger partial charge in [0, 0.05) is 38.3 Å². The molecular formula is C34H27IN2O. The number of alkyl halides is 1. The summed E-state index contributed by atoms with van der Waals surface area (Å²) in [4.78, 5) is 4.64. The molecule has 0 aliphatic rings. The molecule has 5 aromatic carbocycles. The minimum Gasteiger partial charge on any atom is -0.462 e. The Kier molecular flexibility index (Phi) is 7.14. The summed E-state index contributed by atoms with van der Waals surface area (Å²) in [6.45, 7) is 0. The van der Waals surface area contributed by atoms with Crippen LogP contribution in [0.15, 0.2) is 144 Å². The van der Waals surface area contributed by atoms with Crippen LogP contribution in [0, 0.1) is 0 Å². The van der Waals surface area contributed by atoms with E-state index in [1.54, 1.807) is 0 Å². The number of benzene rings is 5. The molecular weight excluding hydrogens is 579 g/mol. The Hall–Kier alpha value is -4.03. The van der Waals surface area contributed by atoms with Crippen molar-refractivity contribution in [3.05, 3.63) is 145 Å². The van der Waals surface area contributed by atoms with E-state index in [4.69, 9.17) is 4.42 Å². The van der Waals surface area contributed by atoms with Gasteiger partial charge in [0.1, 0.15) is 11.8 Å². The van der Waals surface area contributed by atoms with E-state index in [-0.39, 0.29) is 0 Å². The first-order chi connectivity index (χ1) is 18.8. The number of nitrogens with zero attached hydrogens (tertiary/aromatic N) is 2. The molecule has 0 radical (unpaired) electrons. The van der Waals surface area contributed by atoms with Crippen LogP contribution in [0.25, 0.3) is 11.0 Å². The molecule has 0 bridgehead atoms. The van der Waals surface area contributed by atoms with Crippen molar-refractivity contribution in [1.29, 1.82) is 0 Å². The molecule has 0 aliphatic heterocycles. The lowest BCUT2D eigenvalue weighted by atomic mass is 10.1. The average molecular weight is 607 g/mol. The average Bonchev–Trinajstić information content (AvgIpc) is 3.39. The fourth-order valence-electron chi connectivity index (χ4n) is 4.91. The maximum Gasteiger partial charge on any atom is 0.136 e. The van der Waals surface area contributed by atoms with Gasteiger partial charge < -0.3 is 14.2 Å². The van der Waals surface area contributed by atoms with E-state index in [1.807, 2.05) is 18.4 Å². The molecule has 4 heteroatoms. The van der Waals surface area contributed by atoms with E-state index >= 15 is 0 Å². The summed E-state index contributed by atoms with van der Waals surface area (Å²) >= 11 is 2.46.